The molecule has 3 nitrogen and oxygen atoms in total. The molecule has 0 aliphatic carbocycles. The van der Waals surface area contributed by atoms with Gasteiger partial charge in [0.2, 0.25) is 0 Å². The van der Waals surface area contributed by atoms with Crippen LogP contribution in [0, 0.1) is 11.3 Å². The summed E-state index contributed by atoms with van der Waals surface area (Å²) in [6, 6.07) is 2.30. The van der Waals surface area contributed by atoms with Crippen LogP contribution < -0.4 is 5.73 Å². The molecule has 0 aliphatic heterocycles. The summed E-state index contributed by atoms with van der Waals surface area (Å²) >= 11 is 0. The zero-order valence-corrected chi connectivity index (χ0v) is 8.25. The zero-order valence-electron chi connectivity index (χ0n) is 8.25. The third kappa shape index (κ3) is 4.32. The quantitative estimate of drug-likeness (QED) is 0.667. The maximum Gasteiger partial charge on any atom is 0.0940 e. The van der Waals surface area contributed by atoms with E-state index in [-0.39, 0.29) is 6.04 Å². The molecule has 0 aromatic heterocycles. The molecular weight excluding hydrogens is 150 g/mol. The third-order valence-electron chi connectivity index (χ3n) is 2.30. The molecule has 0 bridgehead atoms. The molecule has 70 valence electrons. The number of rotatable bonds is 5. The fraction of sp³-hybridized carbons (Fsp3) is 0.889. The van der Waals surface area contributed by atoms with Crippen molar-refractivity contribution in [2.24, 2.45) is 5.73 Å². The Balaban J connectivity index is 3.57. The van der Waals surface area contributed by atoms with Crippen molar-refractivity contribution < 1.29 is 0 Å². The lowest BCUT2D eigenvalue weighted by molar-refractivity contribution is 0.247. The molecule has 0 saturated carbocycles. The first kappa shape index (κ1) is 11.4. The van der Waals surface area contributed by atoms with Crippen molar-refractivity contribution >= 4 is 0 Å². The number of hydrogen-bond donors (Lipinski definition) is 1. The highest BCUT2D eigenvalue weighted by atomic mass is 15.1. The van der Waals surface area contributed by atoms with Gasteiger partial charge in [-0.1, -0.05) is 6.92 Å². The fourth-order valence-electron chi connectivity index (χ4n) is 0.939. The van der Waals surface area contributed by atoms with Crippen LogP contribution in [0.1, 0.15) is 26.7 Å². The molecular formula is C9H19N3. The molecule has 2 N–H and O–H groups in total. The molecule has 0 radical (unpaired) electrons. The summed E-state index contributed by atoms with van der Waals surface area (Å²) in [5, 5.41) is 8.45. The molecule has 0 rings (SSSR count). The summed E-state index contributed by atoms with van der Waals surface area (Å²) in [5.41, 5.74) is 5.48. The highest BCUT2D eigenvalue weighted by molar-refractivity contribution is 4.86. The monoisotopic (exact) mass is 169 g/mol. The van der Waals surface area contributed by atoms with Crippen molar-refractivity contribution in [1.82, 2.24) is 4.90 Å². The van der Waals surface area contributed by atoms with Crippen LogP contribution in [-0.2, 0) is 0 Å². The summed E-state index contributed by atoms with van der Waals surface area (Å²) < 4.78 is 0. The maximum atomic E-state index is 8.45. The van der Waals surface area contributed by atoms with E-state index in [1.54, 1.807) is 0 Å². The topological polar surface area (TPSA) is 53.0 Å². The zero-order chi connectivity index (χ0) is 9.56. The van der Waals surface area contributed by atoms with E-state index in [1.165, 1.54) is 0 Å². The average Bonchev–Trinajstić information content (AvgIpc) is 2.11. The Labute approximate surface area is 75.2 Å². The minimum Gasteiger partial charge on any atom is -0.316 e. The molecule has 0 spiro atoms. The largest absolute Gasteiger partial charge is 0.316 e. The van der Waals surface area contributed by atoms with Crippen molar-refractivity contribution in [1.29, 1.82) is 5.26 Å². The Bertz CT molecular complexity index is 150. The van der Waals surface area contributed by atoms with Crippen LogP contribution in [0.3, 0.4) is 0 Å². The van der Waals surface area contributed by atoms with Gasteiger partial charge in [0.25, 0.3) is 0 Å². The molecule has 2 atom stereocenters. The smallest absolute Gasteiger partial charge is 0.0940 e. The van der Waals surface area contributed by atoms with Gasteiger partial charge in [0.05, 0.1) is 12.1 Å². The predicted octanol–water partition coefficient (Wildman–Crippen LogP) is 0.958. The molecule has 0 amide bonds. The van der Waals surface area contributed by atoms with E-state index in [0.717, 1.165) is 19.4 Å². The maximum absolute atomic E-state index is 8.45. The van der Waals surface area contributed by atoms with E-state index in [2.05, 4.69) is 25.8 Å². The highest BCUT2D eigenvalue weighted by Crippen LogP contribution is 2.01. The van der Waals surface area contributed by atoms with Crippen molar-refractivity contribution in [3.8, 4) is 6.07 Å². The molecule has 0 aliphatic rings. The van der Waals surface area contributed by atoms with Gasteiger partial charge < -0.3 is 10.6 Å². The Morgan fingerprint density at radius 2 is 2.17 bits per heavy atom. The third-order valence-corrected chi connectivity index (χ3v) is 2.30. The van der Waals surface area contributed by atoms with Crippen LogP contribution >= 0.6 is 0 Å². The fourth-order valence-corrected chi connectivity index (χ4v) is 0.939. The van der Waals surface area contributed by atoms with E-state index in [0.29, 0.717) is 6.04 Å². The van der Waals surface area contributed by atoms with E-state index in [4.69, 9.17) is 11.0 Å². The minimum absolute atomic E-state index is 0.309. The Hall–Kier alpha value is -0.590. The van der Waals surface area contributed by atoms with Gasteiger partial charge >= 0.3 is 0 Å². The lowest BCUT2D eigenvalue weighted by atomic mass is 10.2. The summed E-state index contributed by atoms with van der Waals surface area (Å²) in [4.78, 5) is 2.23. The van der Waals surface area contributed by atoms with Gasteiger partial charge in [-0.2, -0.15) is 5.26 Å². The second kappa shape index (κ2) is 5.99. The second-order valence-corrected chi connectivity index (χ2v) is 3.26. The van der Waals surface area contributed by atoms with E-state index < -0.39 is 0 Å². The van der Waals surface area contributed by atoms with Crippen LogP contribution in [0.2, 0.25) is 0 Å². The molecule has 0 heterocycles. The lowest BCUT2D eigenvalue weighted by Gasteiger charge is -2.23. The molecule has 2 unspecified atom stereocenters. The van der Waals surface area contributed by atoms with Crippen LogP contribution in [0.4, 0.5) is 0 Å². The number of hydrogen-bond acceptors (Lipinski definition) is 3. The molecule has 3 heteroatoms. The van der Waals surface area contributed by atoms with Crippen molar-refractivity contribution in [3.05, 3.63) is 0 Å². The lowest BCUT2D eigenvalue weighted by Crippen LogP contribution is -2.32. The van der Waals surface area contributed by atoms with Crippen molar-refractivity contribution in [2.75, 3.05) is 13.6 Å². The highest BCUT2D eigenvalue weighted by Gasteiger charge is 2.07. The first-order valence-corrected chi connectivity index (χ1v) is 4.47. The van der Waals surface area contributed by atoms with Crippen LogP contribution in [-0.4, -0.2) is 30.6 Å². The van der Waals surface area contributed by atoms with E-state index >= 15 is 0 Å². The van der Waals surface area contributed by atoms with Crippen molar-refractivity contribution in [3.63, 3.8) is 0 Å². The van der Waals surface area contributed by atoms with Crippen LogP contribution in [0.5, 0.6) is 0 Å². The first-order chi connectivity index (χ1) is 5.61. The van der Waals surface area contributed by atoms with Crippen LogP contribution in [0.25, 0.3) is 0 Å². The molecule has 0 fully saturated rings. The number of nitrogens with two attached hydrogens (primary N) is 1. The van der Waals surface area contributed by atoms with Gasteiger partial charge in [-0.3, -0.25) is 0 Å². The van der Waals surface area contributed by atoms with Crippen LogP contribution in [0.15, 0.2) is 0 Å². The molecule has 0 saturated heterocycles. The van der Waals surface area contributed by atoms with Gasteiger partial charge in [-0.15, -0.1) is 0 Å². The van der Waals surface area contributed by atoms with Gasteiger partial charge in [0.15, 0.2) is 0 Å². The molecule has 12 heavy (non-hydrogen) atoms. The first-order valence-electron chi connectivity index (χ1n) is 4.47. The van der Waals surface area contributed by atoms with Gasteiger partial charge in [-0.25, -0.2) is 0 Å². The SMILES string of the molecule is CCC(C)N(C)CCC(N)C#N. The summed E-state index contributed by atoms with van der Waals surface area (Å²) in [7, 11) is 2.07. The standard InChI is InChI=1S/C9H19N3/c1-4-8(2)12(3)6-5-9(11)7-10/h8-9H,4-6,11H2,1-3H3. The Morgan fingerprint density at radius 3 is 2.58 bits per heavy atom. The minimum atomic E-state index is -0.309. The molecule has 0 aromatic rings. The van der Waals surface area contributed by atoms with E-state index in [1.807, 2.05) is 6.07 Å². The predicted molar refractivity (Wildman–Crippen MR) is 50.6 cm³/mol. The van der Waals surface area contributed by atoms with E-state index in [9.17, 15) is 0 Å². The number of nitriles is 1. The Kier molecular flexibility index (Phi) is 5.69. The number of nitrogens with zero attached hydrogens (tertiary/aromatic N) is 2. The second-order valence-electron chi connectivity index (χ2n) is 3.26. The van der Waals surface area contributed by atoms with Crippen molar-refractivity contribution in [2.45, 2.75) is 38.8 Å². The van der Waals surface area contributed by atoms with Gasteiger partial charge in [0.1, 0.15) is 0 Å². The summed E-state index contributed by atoms with van der Waals surface area (Å²) in [6.45, 7) is 5.24. The average molecular weight is 169 g/mol. The molecule has 0 aromatic carbocycles. The Morgan fingerprint density at radius 1 is 1.58 bits per heavy atom. The van der Waals surface area contributed by atoms with Gasteiger partial charge in [-0.05, 0) is 26.8 Å². The summed E-state index contributed by atoms with van der Waals surface area (Å²) in [6.07, 6.45) is 1.90. The van der Waals surface area contributed by atoms with Gasteiger partial charge in [0, 0.05) is 12.6 Å². The summed E-state index contributed by atoms with van der Waals surface area (Å²) in [5.74, 6) is 0. The normalized spacial score (nSPS) is 15.7.